The van der Waals surface area contributed by atoms with Crippen LogP contribution in [0.15, 0.2) is 73.1 Å². The smallest absolute Gasteiger partial charge is 0.243 e. The monoisotopic (exact) mass is 475 g/mol. The molecule has 0 saturated carbocycles. The van der Waals surface area contributed by atoms with E-state index in [1.165, 1.54) is 0 Å². The molecule has 2 atom stereocenters. The Bertz CT molecular complexity index is 1100. The van der Waals surface area contributed by atoms with Gasteiger partial charge in [-0.15, -0.1) is 0 Å². The number of rotatable bonds is 11. The number of nitrogens with zero attached hydrogens (tertiary/aromatic N) is 1. The molecule has 7 nitrogen and oxygen atoms in total. The molecule has 0 spiro atoms. The Morgan fingerprint density at radius 2 is 1.60 bits per heavy atom. The topological polar surface area (TPSA) is 89.6 Å². The van der Waals surface area contributed by atoms with Crippen LogP contribution in [0.4, 0.5) is 0 Å². The van der Waals surface area contributed by atoms with Gasteiger partial charge < -0.3 is 20.1 Å². The van der Waals surface area contributed by atoms with Gasteiger partial charge in [-0.25, -0.2) is 0 Å². The van der Waals surface area contributed by atoms with E-state index >= 15 is 0 Å². The Hall–Kier alpha value is -3.87. The number of carbonyl (C=O) groups excluding carboxylic acids is 2. The summed E-state index contributed by atoms with van der Waals surface area (Å²) in [7, 11) is 1.58. The van der Waals surface area contributed by atoms with Crippen LogP contribution in [-0.2, 0) is 22.6 Å². The van der Waals surface area contributed by atoms with Crippen molar-refractivity contribution in [1.82, 2.24) is 15.6 Å². The lowest BCUT2D eigenvalue weighted by Crippen LogP contribution is -2.50. The largest absolute Gasteiger partial charge is 0.493 e. The first-order chi connectivity index (χ1) is 16.9. The molecule has 0 fully saturated rings. The Kier molecular flexibility index (Phi) is 9.23. The summed E-state index contributed by atoms with van der Waals surface area (Å²) < 4.78 is 11.4. The zero-order valence-corrected chi connectivity index (χ0v) is 20.7. The van der Waals surface area contributed by atoms with E-state index in [1.54, 1.807) is 19.5 Å². The van der Waals surface area contributed by atoms with Gasteiger partial charge in [0, 0.05) is 12.4 Å². The van der Waals surface area contributed by atoms with Gasteiger partial charge in [0.2, 0.25) is 11.8 Å². The number of nitrogens with one attached hydrogen (secondary N) is 2. The molecule has 2 amide bonds. The number of carbonyl (C=O) groups is 2. The highest BCUT2D eigenvalue weighted by Gasteiger charge is 2.26. The molecule has 0 aliphatic carbocycles. The summed E-state index contributed by atoms with van der Waals surface area (Å²) in [5.41, 5.74) is 2.77. The van der Waals surface area contributed by atoms with Crippen LogP contribution in [0.3, 0.4) is 0 Å². The molecule has 3 aromatic rings. The minimum Gasteiger partial charge on any atom is -0.493 e. The maximum Gasteiger partial charge on any atom is 0.243 e. The fourth-order valence-corrected chi connectivity index (χ4v) is 3.64. The fraction of sp³-hybridized carbons (Fsp3) is 0.321. The number of aromatic nitrogens is 1. The molecule has 0 aliphatic rings. The van der Waals surface area contributed by atoms with Gasteiger partial charge in [0.25, 0.3) is 0 Å². The van der Waals surface area contributed by atoms with Crippen LogP contribution < -0.4 is 20.1 Å². The Morgan fingerprint density at radius 3 is 2.26 bits per heavy atom. The van der Waals surface area contributed by atoms with Gasteiger partial charge in [-0.05, 0) is 53.8 Å². The van der Waals surface area contributed by atoms with E-state index in [4.69, 9.17) is 9.47 Å². The lowest BCUT2D eigenvalue weighted by molar-refractivity contribution is -0.130. The van der Waals surface area contributed by atoms with Crippen molar-refractivity contribution in [2.45, 2.75) is 45.9 Å². The Morgan fingerprint density at radius 1 is 0.886 bits per heavy atom. The van der Waals surface area contributed by atoms with Crippen LogP contribution in [0.2, 0.25) is 0 Å². The first-order valence-corrected chi connectivity index (χ1v) is 11.7. The average molecular weight is 476 g/mol. The number of benzene rings is 2. The summed E-state index contributed by atoms with van der Waals surface area (Å²) >= 11 is 0. The number of ether oxygens (including phenoxy) is 2. The molecule has 3 rings (SSSR count). The van der Waals surface area contributed by atoms with Crippen molar-refractivity contribution < 1.29 is 19.1 Å². The summed E-state index contributed by atoms with van der Waals surface area (Å²) in [4.78, 5) is 29.6. The third-order valence-corrected chi connectivity index (χ3v) is 5.66. The quantitative estimate of drug-likeness (QED) is 0.433. The highest BCUT2D eigenvalue weighted by Crippen LogP contribution is 2.31. The lowest BCUT2D eigenvalue weighted by Gasteiger charge is -2.24. The van der Waals surface area contributed by atoms with Gasteiger partial charge in [0.1, 0.15) is 12.6 Å². The second kappa shape index (κ2) is 12.6. The van der Waals surface area contributed by atoms with Gasteiger partial charge >= 0.3 is 0 Å². The highest BCUT2D eigenvalue weighted by molar-refractivity contribution is 5.88. The van der Waals surface area contributed by atoms with E-state index in [0.717, 1.165) is 16.7 Å². The summed E-state index contributed by atoms with van der Waals surface area (Å²) in [6, 6.07) is 17.9. The second-order valence-corrected chi connectivity index (χ2v) is 8.74. The number of hydrogen-bond donors (Lipinski definition) is 2. The molecule has 0 aliphatic heterocycles. The van der Waals surface area contributed by atoms with Gasteiger partial charge in [0.05, 0.1) is 19.6 Å². The molecular formula is C28H33N3O4. The van der Waals surface area contributed by atoms with Crippen molar-refractivity contribution >= 4 is 11.8 Å². The summed E-state index contributed by atoms with van der Waals surface area (Å²) in [6.45, 7) is 6.11. The van der Waals surface area contributed by atoms with Crippen molar-refractivity contribution in [3.05, 3.63) is 89.7 Å². The Balaban J connectivity index is 1.62. The molecule has 0 bridgehead atoms. The van der Waals surface area contributed by atoms with Gasteiger partial charge in [-0.2, -0.15) is 0 Å². The summed E-state index contributed by atoms with van der Waals surface area (Å²) in [5, 5.41) is 5.90. The number of methoxy groups -OCH3 is 1. The SMILES string of the molecule is COc1cc(C(C)NC(=O)C(NC(=O)Cc2ccccc2)C(C)C)ccc1OCc1ccncc1. The molecule has 2 N–H and O–H groups in total. The van der Waals surface area contributed by atoms with E-state index in [9.17, 15) is 9.59 Å². The van der Waals surface area contributed by atoms with E-state index < -0.39 is 6.04 Å². The maximum atomic E-state index is 13.1. The summed E-state index contributed by atoms with van der Waals surface area (Å²) in [5.74, 6) is 0.704. The molecule has 35 heavy (non-hydrogen) atoms. The first kappa shape index (κ1) is 25.7. The highest BCUT2D eigenvalue weighted by atomic mass is 16.5. The maximum absolute atomic E-state index is 13.1. The number of hydrogen-bond acceptors (Lipinski definition) is 5. The molecule has 1 heterocycles. The van der Waals surface area contributed by atoms with Crippen LogP contribution in [0.25, 0.3) is 0 Å². The zero-order chi connectivity index (χ0) is 25.2. The van der Waals surface area contributed by atoms with Gasteiger partial charge in [-0.1, -0.05) is 50.2 Å². The molecule has 184 valence electrons. The molecule has 7 heteroatoms. The summed E-state index contributed by atoms with van der Waals surface area (Å²) in [6.07, 6.45) is 3.67. The van der Waals surface area contributed by atoms with E-state index in [-0.39, 0.29) is 30.2 Å². The fourth-order valence-electron chi connectivity index (χ4n) is 3.64. The van der Waals surface area contributed by atoms with Crippen LogP contribution in [0.5, 0.6) is 11.5 Å². The predicted molar refractivity (Wildman–Crippen MR) is 135 cm³/mol. The molecule has 2 unspecified atom stereocenters. The molecule has 2 aromatic carbocycles. The predicted octanol–water partition coefficient (Wildman–Crippen LogP) is 4.23. The normalized spacial score (nSPS) is 12.5. The second-order valence-electron chi connectivity index (χ2n) is 8.74. The van der Waals surface area contributed by atoms with E-state index in [2.05, 4.69) is 15.6 Å². The minimum absolute atomic E-state index is 0.0691. The van der Waals surface area contributed by atoms with Crippen molar-refractivity contribution in [2.24, 2.45) is 5.92 Å². The lowest BCUT2D eigenvalue weighted by atomic mass is 10.0. The molecular weight excluding hydrogens is 442 g/mol. The first-order valence-electron chi connectivity index (χ1n) is 11.7. The molecule has 0 radical (unpaired) electrons. The van der Waals surface area contributed by atoms with E-state index in [1.807, 2.05) is 81.4 Å². The Labute approximate surface area is 206 Å². The van der Waals surface area contributed by atoms with Crippen molar-refractivity contribution in [3.8, 4) is 11.5 Å². The van der Waals surface area contributed by atoms with E-state index in [0.29, 0.717) is 18.1 Å². The third kappa shape index (κ3) is 7.57. The number of amides is 2. The van der Waals surface area contributed by atoms with Crippen LogP contribution in [0, 0.1) is 5.92 Å². The van der Waals surface area contributed by atoms with Crippen LogP contribution >= 0.6 is 0 Å². The number of pyridine rings is 1. The molecule has 1 aromatic heterocycles. The average Bonchev–Trinajstić information content (AvgIpc) is 2.86. The van der Waals surface area contributed by atoms with Crippen LogP contribution in [0.1, 0.15) is 43.5 Å². The molecule has 0 saturated heterocycles. The third-order valence-electron chi connectivity index (χ3n) is 5.66. The van der Waals surface area contributed by atoms with Crippen molar-refractivity contribution in [2.75, 3.05) is 7.11 Å². The van der Waals surface area contributed by atoms with Crippen LogP contribution in [-0.4, -0.2) is 29.9 Å². The van der Waals surface area contributed by atoms with Gasteiger partial charge in [-0.3, -0.25) is 14.6 Å². The van der Waals surface area contributed by atoms with Gasteiger partial charge in [0.15, 0.2) is 11.5 Å². The van der Waals surface area contributed by atoms with Crippen molar-refractivity contribution in [3.63, 3.8) is 0 Å². The van der Waals surface area contributed by atoms with Crippen molar-refractivity contribution in [1.29, 1.82) is 0 Å². The minimum atomic E-state index is -0.640. The zero-order valence-electron chi connectivity index (χ0n) is 20.7. The standard InChI is InChI=1S/C28H33N3O4/c1-19(2)27(31-26(32)16-21-8-6-5-7-9-21)28(33)30-20(3)23-10-11-24(25(17-23)34-4)35-18-22-12-14-29-15-13-22/h5-15,17,19-20,27H,16,18H2,1-4H3,(H,30,33)(H,31,32).